The molecule has 0 heterocycles. The highest BCUT2D eigenvalue weighted by atomic mass is 16.5. The summed E-state index contributed by atoms with van der Waals surface area (Å²) in [6, 6.07) is 3.74. The molecule has 0 saturated heterocycles. The lowest BCUT2D eigenvalue weighted by Gasteiger charge is -2.10. The first-order chi connectivity index (χ1) is 7.22. The molecule has 3 heteroatoms. The fourth-order valence-corrected chi connectivity index (χ4v) is 1.49. The van der Waals surface area contributed by atoms with E-state index in [0.29, 0.717) is 18.6 Å². The molecule has 0 aliphatic rings. The molecular weight excluding hydrogens is 192 g/mol. The lowest BCUT2D eigenvalue weighted by atomic mass is 10.0. The van der Waals surface area contributed by atoms with Crippen molar-refractivity contribution in [3.63, 3.8) is 0 Å². The van der Waals surface area contributed by atoms with Crippen molar-refractivity contribution in [2.24, 2.45) is 0 Å². The fourth-order valence-electron chi connectivity index (χ4n) is 1.49. The summed E-state index contributed by atoms with van der Waals surface area (Å²) < 4.78 is 5.07. The number of hydrogen-bond donors (Lipinski definition) is 1. The summed E-state index contributed by atoms with van der Waals surface area (Å²) in [6.07, 6.45) is 2.71. The molecule has 0 spiro atoms. The molecule has 0 unspecified atom stereocenters. The van der Waals surface area contributed by atoms with Gasteiger partial charge in [-0.15, -0.1) is 0 Å². The van der Waals surface area contributed by atoms with Gasteiger partial charge in [0.2, 0.25) is 0 Å². The highest BCUT2D eigenvalue weighted by Gasteiger charge is 2.09. The molecule has 0 radical (unpaired) electrons. The minimum atomic E-state index is 0.150. The van der Waals surface area contributed by atoms with Crippen molar-refractivity contribution in [1.82, 2.24) is 0 Å². The molecule has 1 rings (SSSR count). The highest BCUT2D eigenvalue weighted by Crippen LogP contribution is 2.32. The largest absolute Gasteiger partial charge is 0.504 e. The van der Waals surface area contributed by atoms with Crippen LogP contribution >= 0.6 is 0 Å². The van der Waals surface area contributed by atoms with E-state index in [1.165, 1.54) is 7.11 Å². The molecule has 1 aromatic rings. The summed E-state index contributed by atoms with van der Waals surface area (Å²) in [7, 11) is 1.53. The van der Waals surface area contributed by atoms with Crippen LogP contribution in [0.5, 0.6) is 11.5 Å². The molecule has 0 amide bonds. The molecule has 0 atom stereocenters. The van der Waals surface area contributed by atoms with E-state index in [2.05, 4.69) is 0 Å². The normalized spacial score (nSPS) is 10.0. The number of carbonyl (C=O) groups is 1. The van der Waals surface area contributed by atoms with Crippen molar-refractivity contribution in [2.75, 3.05) is 7.11 Å². The summed E-state index contributed by atoms with van der Waals surface area (Å²) in [6.45, 7) is 2.04. The van der Waals surface area contributed by atoms with Gasteiger partial charge < -0.3 is 14.6 Å². The van der Waals surface area contributed by atoms with Crippen LogP contribution in [0.15, 0.2) is 12.1 Å². The van der Waals surface area contributed by atoms with Gasteiger partial charge in [0.15, 0.2) is 11.5 Å². The van der Waals surface area contributed by atoms with Gasteiger partial charge in [0.1, 0.15) is 6.29 Å². The molecule has 0 aliphatic carbocycles. The van der Waals surface area contributed by atoms with Crippen LogP contribution < -0.4 is 4.74 Å². The first kappa shape index (κ1) is 11.6. The Labute approximate surface area is 89.7 Å². The SMILES string of the molecule is CCc1cc(CCC=O)c(O)c(OC)c1. The molecule has 82 valence electrons. The predicted octanol–water partition coefficient (Wildman–Crippen LogP) is 2.09. The Bertz CT molecular complexity index is 345. The lowest BCUT2D eigenvalue weighted by Crippen LogP contribution is -1.94. The zero-order chi connectivity index (χ0) is 11.3. The van der Waals surface area contributed by atoms with Crippen LogP contribution in [0.1, 0.15) is 24.5 Å². The van der Waals surface area contributed by atoms with E-state index in [1.807, 2.05) is 19.1 Å². The number of carbonyl (C=O) groups excluding carboxylic acids is 1. The topological polar surface area (TPSA) is 46.5 Å². The number of phenolic OH excluding ortho intramolecular Hbond substituents is 1. The third kappa shape index (κ3) is 2.72. The smallest absolute Gasteiger partial charge is 0.161 e. The van der Waals surface area contributed by atoms with E-state index >= 15 is 0 Å². The van der Waals surface area contributed by atoms with Gasteiger partial charge in [0.05, 0.1) is 7.11 Å². The summed E-state index contributed by atoms with van der Waals surface area (Å²) in [4.78, 5) is 10.3. The molecule has 0 aromatic heterocycles. The Kier molecular flexibility index (Phi) is 4.16. The average molecular weight is 208 g/mol. The third-order valence-electron chi connectivity index (χ3n) is 2.37. The van der Waals surface area contributed by atoms with Gasteiger partial charge in [-0.3, -0.25) is 0 Å². The Morgan fingerprint density at radius 3 is 2.73 bits per heavy atom. The van der Waals surface area contributed by atoms with Crippen LogP contribution in [-0.2, 0) is 17.6 Å². The molecule has 0 fully saturated rings. The number of hydrogen-bond acceptors (Lipinski definition) is 3. The molecule has 0 aliphatic heterocycles. The number of benzene rings is 1. The lowest BCUT2D eigenvalue weighted by molar-refractivity contribution is -0.107. The van der Waals surface area contributed by atoms with Gasteiger partial charge in [-0.2, -0.15) is 0 Å². The van der Waals surface area contributed by atoms with E-state index in [1.54, 1.807) is 0 Å². The van der Waals surface area contributed by atoms with E-state index < -0.39 is 0 Å². The maximum atomic E-state index is 10.3. The van der Waals surface area contributed by atoms with Crippen molar-refractivity contribution in [2.45, 2.75) is 26.2 Å². The van der Waals surface area contributed by atoms with Gasteiger partial charge in [0.25, 0.3) is 0 Å². The number of aldehydes is 1. The van der Waals surface area contributed by atoms with Crippen molar-refractivity contribution in [3.05, 3.63) is 23.3 Å². The molecule has 0 bridgehead atoms. The van der Waals surface area contributed by atoms with E-state index in [9.17, 15) is 9.90 Å². The number of rotatable bonds is 5. The number of aryl methyl sites for hydroxylation is 2. The molecule has 3 nitrogen and oxygen atoms in total. The standard InChI is InChI=1S/C12H16O3/c1-3-9-7-10(5-4-6-13)12(14)11(8-9)15-2/h6-8,14H,3-5H2,1-2H3. The van der Waals surface area contributed by atoms with Gasteiger partial charge in [-0.05, 0) is 30.0 Å². The first-order valence-electron chi connectivity index (χ1n) is 5.05. The molecule has 15 heavy (non-hydrogen) atoms. The number of phenols is 1. The van der Waals surface area contributed by atoms with Crippen LogP contribution in [0.4, 0.5) is 0 Å². The average Bonchev–Trinajstić information content (AvgIpc) is 2.27. The third-order valence-corrected chi connectivity index (χ3v) is 2.37. The van der Waals surface area contributed by atoms with Gasteiger partial charge in [-0.1, -0.05) is 13.0 Å². The minimum Gasteiger partial charge on any atom is -0.504 e. The zero-order valence-electron chi connectivity index (χ0n) is 9.12. The highest BCUT2D eigenvalue weighted by molar-refractivity contribution is 5.53. The number of methoxy groups -OCH3 is 1. The van der Waals surface area contributed by atoms with Crippen molar-refractivity contribution in [1.29, 1.82) is 0 Å². The zero-order valence-corrected chi connectivity index (χ0v) is 9.12. The van der Waals surface area contributed by atoms with Crippen molar-refractivity contribution in [3.8, 4) is 11.5 Å². The van der Waals surface area contributed by atoms with Crippen LogP contribution in [0.2, 0.25) is 0 Å². The van der Waals surface area contributed by atoms with Crippen LogP contribution in [-0.4, -0.2) is 18.5 Å². The summed E-state index contributed by atoms with van der Waals surface area (Å²) in [5.74, 6) is 0.631. The molecule has 0 saturated carbocycles. The molecular formula is C12H16O3. The van der Waals surface area contributed by atoms with Crippen LogP contribution in [0.3, 0.4) is 0 Å². The number of ether oxygens (including phenoxy) is 1. The van der Waals surface area contributed by atoms with E-state index in [-0.39, 0.29) is 5.75 Å². The quantitative estimate of drug-likeness (QED) is 0.754. The summed E-state index contributed by atoms with van der Waals surface area (Å²) in [5.41, 5.74) is 1.88. The second-order valence-corrected chi connectivity index (χ2v) is 3.36. The van der Waals surface area contributed by atoms with Gasteiger partial charge >= 0.3 is 0 Å². The van der Waals surface area contributed by atoms with Gasteiger partial charge in [-0.25, -0.2) is 0 Å². The summed E-state index contributed by atoms with van der Waals surface area (Å²) >= 11 is 0. The maximum absolute atomic E-state index is 10.3. The molecule has 1 aromatic carbocycles. The predicted molar refractivity (Wildman–Crippen MR) is 58.4 cm³/mol. The van der Waals surface area contributed by atoms with E-state index in [0.717, 1.165) is 23.8 Å². The van der Waals surface area contributed by atoms with Crippen molar-refractivity contribution >= 4 is 6.29 Å². The van der Waals surface area contributed by atoms with E-state index in [4.69, 9.17) is 4.74 Å². The van der Waals surface area contributed by atoms with Crippen molar-refractivity contribution < 1.29 is 14.6 Å². The Morgan fingerprint density at radius 2 is 2.20 bits per heavy atom. The summed E-state index contributed by atoms with van der Waals surface area (Å²) in [5, 5.41) is 9.79. The Morgan fingerprint density at radius 1 is 1.47 bits per heavy atom. The Balaban J connectivity index is 3.05. The van der Waals surface area contributed by atoms with Gasteiger partial charge in [0, 0.05) is 6.42 Å². The first-order valence-corrected chi connectivity index (χ1v) is 5.05. The fraction of sp³-hybridized carbons (Fsp3) is 0.417. The Hall–Kier alpha value is -1.51. The van der Waals surface area contributed by atoms with Crippen LogP contribution in [0, 0.1) is 0 Å². The number of aromatic hydroxyl groups is 1. The molecule has 1 N–H and O–H groups in total. The second-order valence-electron chi connectivity index (χ2n) is 3.36. The van der Waals surface area contributed by atoms with Crippen LogP contribution in [0.25, 0.3) is 0 Å². The maximum Gasteiger partial charge on any atom is 0.161 e. The minimum absolute atomic E-state index is 0.150. The second kappa shape index (κ2) is 5.39. The monoisotopic (exact) mass is 208 g/mol.